The van der Waals surface area contributed by atoms with Crippen LogP contribution in [0.3, 0.4) is 0 Å². The van der Waals surface area contributed by atoms with Crippen molar-refractivity contribution in [1.29, 1.82) is 0 Å². The van der Waals surface area contributed by atoms with Gasteiger partial charge in [-0.3, -0.25) is 0 Å². The van der Waals surface area contributed by atoms with Crippen molar-refractivity contribution >= 4 is 21.8 Å². The molecule has 0 spiro atoms. The Labute approximate surface area is 332 Å². The van der Waals surface area contributed by atoms with E-state index in [-0.39, 0.29) is 11.8 Å². The summed E-state index contributed by atoms with van der Waals surface area (Å²) in [6.45, 7) is 0. The fourth-order valence-corrected chi connectivity index (χ4v) is 10.1. The van der Waals surface area contributed by atoms with E-state index in [0.29, 0.717) is 0 Å². The largest absolute Gasteiger partial charge is 0.309 e. The van der Waals surface area contributed by atoms with E-state index in [1.807, 2.05) is 0 Å². The number of benzene rings is 9. The molecule has 0 N–H and O–H groups in total. The summed E-state index contributed by atoms with van der Waals surface area (Å²) < 4.78 is 2.51. The van der Waals surface area contributed by atoms with Crippen molar-refractivity contribution < 1.29 is 0 Å². The quantitative estimate of drug-likeness (QED) is 0.167. The minimum Gasteiger partial charge on any atom is -0.309 e. The van der Waals surface area contributed by atoms with Crippen LogP contribution in [-0.2, 0) is 0 Å². The standard InChI is InChI=1S/C56H37N/c1-3-16-36(17-4-1)39-33-40(37-18-15-19-38(32-37)53-47-26-10-7-22-43(47)44-23-8-11-27-48(44)53)35-41(34-39)54-49-28-12-9-24-45(49)50-30-31-51-46-25-13-14-29-52(46)57(56(51)55(50)54)42-20-5-2-6-21-42/h1-35,53-54H. The maximum Gasteiger partial charge on any atom is 0.0588 e. The molecule has 1 heterocycles. The van der Waals surface area contributed by atoms with Gasteiger partial charge in [-0.1, -0.05) is 188 Å². The minimum absolute atomic E-state index is 0.0332. The molecule has 0 aliphatic heterocycles. The van der Waals surface area contributed by atoms with E-state index < -0.39 is 0 Å². The van der Waals surface area contributed by atoms with Crippen molar-refractivity contribution in [2.24, 2.45) is 0 Å². The van der Waals surface area contributed by atoms with Crippen LogP contribution in [0.25, 0.3) is 72.0 Å². The van der Waals surface area contributed by atoms with Gasteiger partial charge >= 0.3 is 0 Å². The number of aromatic nitrogens is 1. The maximum absolute atomic E-state index is 2.51. The Hall–Kier alpha value is -7.22. The van der Waals surface area contributed by atoms with Gasteiger partial charge in [0.1, 0.15) is 0 Å². The monoisotopic (exact) mass is 723 g/mol. The normalized spacial score (nSPS) is 14.1. The van der Waals surface area contributed by atoms with E-state index in [1.165, 1.54) is 105 Å². The van der Waals surface area contributed by atoms with Crippen molar-refractivity contribution in [2.45, 2.75) is 11.8 Å². The topological polar surface area (TPSA) is 4.93 Å². The third-order valence-corrected chi connectivity index (χ3v) is 12.5. The van der Waals surface area contributed by atoms with E-state index in [4.69, 9.17) is 0 Å². The second kappa shape index (κ2) is 12.7. The molecule has 1 unspecified atom stereocenters. The first kappa shape index (κ1) is 32.1. The first-order valence-corrected chi connectivity index (χ1v) is 20.0. The Bertz CT molecular complexity index is 3140. The molecule has 0 bridgehead atoms. The summed E-state index contributed by atoms with van der Waals surface area (Å²) in [4.78, 5) is 0. The Morgan fingerprint density at radius 3 is 1.58 bits per heavy atom. The highest BCUT2D eigenvalue weighted by atomic mass is 15.0. The van der Waals surface area contributed by atoms with Gasteiger partial charge in [0.15, 0.2) is 0 Å². The Morgan fingerprint density at radius 2 is 0.860 bits per heavy atom. The van der Waals surface area contributed by atoms with Gasteiger partial charge in [-0.05, 0) is 102 Å². The molecule has 0 amide bonds. The minimum atomic E-state index is 0.0332. The van der Waals surface area contributed by atoms with Crippen LogP contribution in [0.15, 0.2) is 212 Å². The Balaban J connectivity index is 1.11. The van der Waals surface area contributed by atoms with Gasteiger partial charge < -0.3 is 4.57 Å². The van der Waals surface area contributed by atoms with E-state index in [9.17, 15) is 0 Å². The molecular formula is C56H37N. The van der Waals surface area contributed by atoms with Gasteiger partial charge in [0.05, 0.1) is 11.0 Å². The third kappa shape index (κ3) is 4.89. The summed E-state index contributed by atoms with van der Waals surface area (Å²) in [5.74, 6) is 0.224. The second-order valence-corrected chi connectivity index (χ2v) is 15.6. The number of hydrogen-bond donors (Lipinski definition) is 0. The SMILES string of the molecule is c1ccc(-c2cc(-c3cccc(C4c5ccccc5-c5ccccc54)c3)cc(C3c4ccccc4-c4ccc5c6ccccc6n(-c6ccccc6)c5c43)c2)cc1. The Kier molecular flexibility index (Phi) is 7.12. The molecule has 1 heteroatoms. The van der Waals surface area contributed by atoms with Crippen molar-refractivity contribution in [3.8, 4) is 50.2 Å². The number of para-hydroxylation sites is 2. The van der Waals surface area contributed by atoms with E-state index in [1.54, 1.807) is 0 Å². The van der Waals surface area contributed by atoms with Gasteiger partial charge in [-0.15, -0.1) is 0 Å². The van der Waals surface area contributed by atoms with Gasteiger partial charge in [-0.2, -0.15) is 0 Å². The first-order valence-electron chi connectivity index (χ1n) is 20.0. The van der Waals surface area contributed by atoms with Gasteiger partial charge in [-0.25, -0.2) is 0 Å². The number of hydrogen-bond acceptors (Lipinski definition) is 0. The van der Waals surface area contributed by atoms with E-state index in [0.717, 1.165) is 0 Å². The van der Waals surface area contributed by atoms with Crippen LogP contribution >= 0.6 is 0 Å². The fraction of sp³-hybridized carbons (Fsp3) is 0.0357. The lowest BCUT2D eigenvalue weighted by atomic mass is 9.83. The van der Waals surface area contributed by atoms with Crippen molar-refractivity contribution in [3.63, 3.8) is 0 Å². The summed E-state index contributed by atoms with van der Waals surface area (Å²) in [6, 6.07) is 79.0. The van der Waals surface area contributed by atoms with Gasteiger partial charge in [0.2, 0.25) is 0 Å². The highest BCUT2D eigenvalue weighted by Gasteiger charge is 2.35. The molecule has 10 aromatic rings. The average Bonchev–Trinajstić information content (AvgIpc) is 3.93. The second-order valence-electron chi connectivity index (χ2n) is 15.6. The molecule has 266 valence electrons. The smallest absolute Gasteiger partial charge is 0.0588 e. The highest BCUT2D eigenvalue weighted by molar-refractivity contribution is 6.13. The van der Waals surface area contributed by atoms with Crippen molar-refractivity contribution in [3.05, 3.63) is 246 Å². The summed E-state index contributed by atoms with van der Waals surface area (Å²) >= 11 is 0. The summed E-state index contributed by atoms with van der Waals surface area (Å²) in [7, 11) is 0. The predicted octanol–water partition coefficient (Wildman–Crippen LogP) is 14.4. The molecule has 1 nitrogen and oxygen atoms in total. The number of nitrogens with zero attached hydrogens (tertiary/aromatic N) is 1. The van der Waals surface area contributed by atoms with Gasteiger partial charge in [0.25, 0.3) is 0 Å². The Morgan fingerprint density at radius 1 is 0.316 bits per heavy atom. The lowest BCUT2D eigenvalue weighted by Crippen LogP contribution is -2.04. The van der Waals surface area contributed by atoms with E-state index >= 15 is 0 Å². The summed E-state index contributed by atoms with van der Waals surface area (Å²) in [5, 5.41) is 2.56. The van der Waals surface area contributed by atoms with Crippen LogP contribution < -0.4 is 0 Å². The molecule has 0 saturated heterocycles. The zero-order valence-electron chi connectivity index (χ0n) is 31.3. The van der Waals surface area contributed by atoms with Gasteiger partial charge in [0, 0.05) is 28.3 Å². The van der Waals surface area contributed by atoms with Crippen LogP contribution in [-0.4, -0.2) is 4.57 Å². The zero-order valence-corrected chi connectivity index (χ0v) is 31.3. The van der Waals surface area contributed by atoms with Crippen LogP contribution in [0.2, 0.25) is 0 Å². The van der Waals surface area contributed by atoms with Crippen molar-refractivity contribution in [2.75, 3.05) is 0 Å². The number of rotatable bonds is 5. The molecule has 12 rings (SSSR count). The molecule has 1 atom stereocenters. The molecule has 0 saturated carbocycles. The zero-order chi connectivity index (χ0) is 37.5. The highest BCUT2D eigenvalue weighted by Crippen LogP contribution is 2.54. The lowest BCUT2D eigenvalue weighted by molar-refractivity contribution is 1.01. The summed E-state index contributed by atoms with van der Waals surface area (Å²) in [6.07, 6.45) is 0. The van der Waals surface area contributed by atoms with Crippen LogP contribution in [0.4, 0.5) is 0 Å². The molecule has 9 aromatic carbocycles. The molecule has 0 radical (unpaired) electrons. The molecule has 57 heavy (non-hydrogen) atoms. The first-order chi connectivity index (χ1) is 28.3. The molecule has 2 aliphatic carbocycles. The van der Waals surface area contributed by atoms with Crippen molar-refractivity contribution in [1.82, 2.24) is 4.57 Å². The third-order valence-electron chi connectivity index (χ3n) is 12.5. The predicted molar refractivity (Wildman–Crippen MR) is 237 cm³/mol. The number of fused-ring (bicyclic) bond motifs is 10. The lowest BCUT2D eigenvalue weighted by Gasteiger charge is -2.21. The molecule has 2 aliphatic rings. The summed E-state index contributed by atoms with van der Waals surface area (Å²) in [5.41, 5.74) is 22.0. The molecular weight excluding hydrogens is 687 g/mol. The van der Waals surface area contributed by atoms with Crippen LogP contribution in [0.1, 0.15) is 45.2 Å². The molecule has 0 fully saturated rings. The fourth-order valence-electron chi connectivity index (χ4n) is 10.1. The molecule has 1 aromatic heterocycles. The maximum atomic E-state index is 2.51. The van der Waals surface area contributed by atoms with E-state index in [2.05, 4.69) is 217 Å². The van der Waals surface area contributed by atoms with Crippen LogP contribution in [0, 0.1) is 0 Å². The average molecular weight is 724 g/mol. The van der Waals surface area contributed by atoms with Crippen LogP contribution in [0.5, 0.6) is 0 Å².